The van der Waals surface area contributed by atoms with Crippen molar-refractivity contribution in [2.24, 2.45) is 0 Å². The van der Waals surface area contributed by atoms with E-state index in [4.69, 9.17) is 16.3 Å². The van der Waals surface area contributed by atoms with Crippen molar-refractivity contribution in [3.05, 3.63) is 57.0 Å². The van der Waals surface area contributed by atoms with E-state index < -0.39 is 0 Å². The van der Waals surface area contributed by atoms with Crippen LogP contribution in [-0.4, -0.2) is 11.7 Å². The van der Waals surface area contributed by atoms with Crippen LogP contribution in [0.1, 0.15) is 18.1 Å². The summed E-state index contributed by atoms with van der Waals surface area (Å²) in [6.07, 6.45) is 0. The van der Waals surface area contributed by atoms with Gasteiger partial charge in [-0.1, -0.05) is 33.6 Å². The standard InChI is InChI=1S/C16H17BrClNO2/c1-2-21-16-6-5-14(7-12(16)10-20)19-9-11-3-4-13(18)8-15(11)17/h3-8,19-20H,2,9-10H2,1H3. The predicted molar refractivity (Wildman–Crippen MR) is 90.0 cm³/mol. The zero-order chi connectivity index (χ0) is 15.2. The Balaban J connectivity index is 2.09. The summed E-state index contributed by atoms with van der Waals surface area (Å²) in [6.45, 7) is 3.12. The van der Waals surface area contributed by atoms with Gasteiger partial charge in [-0.2, -0.15) is 0 Å². The lowest BCUT2D eigenvalue weighted by molar-refractivity contribution is 0.267. The first kappa shape index (κ1) is 16.1. The third-order valence-corrected chi connectivity index (χ3v) is 4.00. The minimum atomic E-state index is -0.0461. The number of anilines is 1. The molecule has 2 N–H and O–H groups in total. The SMILES string of the molecule is CCOc1ccc(NCc2ccc(Cl)cc2Br)cc1CO. The molecule has 0 amide bonds. The number of hydrogen-bond acceptors (Lipinski definition) is 3. The Bertz CT molecular complexity index is 619. The van der Waals surface area contributed by atoms with Crippen LogP contribution < -0.4 is 10.1 Å². The van der Waals surface area contributed by atoms with Crippen molar-refractivity contribution in [3.63, 3.8) is 0 Å². The average Bonchev–Trinajstić information content (AvgIpc) is 2.47. The molecule has 0 bridgehead atoms. The Kier molecular flexibility index (Phi) is 5.91. The summed E-state index contributed by atoms with van der Waals surface area (Å²) in [5.41, 5.74) is 2.82. The summed E-state index contributed by atoms with van der Waals surface area (Å²) < 4.78 is 6.44. The second-order valence-electron chi connectivity index (χ2n) is 4.50. The highest BCUT2D eigenvalue weighted by Gasteiger charge is 2.05. The maximum Gasteiger partial charge on any atom is 0.124 e. The van der Waals surface area contributed by atoms with Gasteiger partial charge in [0.25, 0.3) is 0 Å². The van der Waals surface area contributed by atoms with E-state index in [0.29, 0.717) is 18.2 Å². The Morgan fingerprint density at radius 1 is 1.19 bits per heavy atom. The summed E-state index contributed by atoms with van der Waals surface area (Å²) in [7, 11) is 0. The number of aliphatic hydroxyl groups is 1. The molecule has 5 heteroatoms. The molecule has 2 rings (SSSR count). The third-order valence-electron chi connectivity index (χ3n) is 3.03. The molecule has 0 unspecified atom stereocenters. The molecule has 0 aliphatic carbocycles. The molecule has 0 aliphatic rings. The van der Waals surface area contributed by atoms with E-state index in [1.165, 1.54) is 0 Å². The molecule has 0 saturated carbocycles. The van der Waals surface area contributed by atoms with Gasteiger partial charge in [-0.05, 0) is 42.8 Å². The zero-order valence-corrected chi connectivity index (χ0v) is 14.0. The van der Waals surface area contributed by atoms with Gasteiger partial charge < -0.3 is 15.2 Å². The van der Waals surface area contributed by atoms with E-state index >= 15 is 0 Å². The van der Waals surface area contributed by atoms with Crippen LogP contribution in [0.25, 0.3) is 0 Å². The molecule has 0 radical (unpaired) electrons. The van der Waals surface area contributed by atoms with Crippen LogP contribution in [0.4, 0.5) is 5.69 Å². The molecule has 0 aromatic heterocycles. The first-order chi connectivity index (χ1) is 10.1. The van der Waals surface area contributed by atoms with Crippen LogP contribution in [0, 0.1) is 0 Å². The van der Waals surface area contributed by atoms with Gasteiger partial charge in [0.2, 0.25) is 0 Å². The van der Waals surface area contributed by atoms with Gasteiger partial charge in [0, 0.05) is 27.3 Å². The largest absolute Gasteiger partial charge is 0.494 e. The lowest BCUT2D eigenvalue weighted by Gasteiger charge is -2.13. The molecule has 112 valence electrons. The fraction of sp³-hybridized carbons (Fsp3) is 0.250. The lowest BCUT2D eigenvalue weighted by atomic mass is 10.1. The molecule has 0 fully saturated rings. The van der Waals surface area contributed by atoms with Crippen molar-refractivity contribution in [3.8, 4) is 5.75 Å². The van der Waals surface area contributed by atoms with E-state index in [0.717, 1.165) is 27.0 Å². The van der Waals surface area contributed by atoms with Crippen LogP contribution in [-0.2, 0) is 13.2 Å². The second-order valence-corrected chi connectivity index (χ2v) is 5.79. The van der Waals surface area contributed by atoms with Gasteiger partial charge in [0.1, 0.15) is 5.75 Å². The molecule has 21 heavy (non-hydrogen) atoms. The predicted octanol–water partition coefficient (Wildman–Crippen LogP) is 4.61. The van der Waals surface area contributed by atoms with E-state index in [1.54, 1.807) is 0 Å². The number of aliphatic hydroxyl groups excluding tert-OH is 1. The van der Waals surface area contributed by atoms with Crippen LogP contribution in [0.3, 0.4) is 0 Å². The van der Waals surface area contributed by atoms with Crippen LogP contribution in [0.2, 0.25) is 5.02 Å². The Morgan fingerprint density at radius 3 is 2.67 bits per heavy atom. The maximum absolute atomic E-state index is 9.40. The Morgan fingerprint density at radius 2 is 2.00 bits per heavy atom. The molecular weight excluding hydrogens is 354 g/mol. The molecule has 0 aliphatic heterocycles. The van der Waals surface area contributed by atoms with E-state index in [-0.39, 0.29) is 6.61 Å². The van der Waals surface area contributed by atoms with Crippen molar-refractivity contribution in [1.82, 2.24) is 0 Å². The third kappa shape index (κ3) is 4.37. The smallest absolute Gasteiger partial charge is 0.124 e. The molecule has 2 aromatic carbocycles. The van der Waals surface area contributed by atoms with E-state index in [1.807, 2.05) is 43.3 Å². The van der Waals surface area contributed by atoms with Gasteiger partial charge in [-0.25, -0.2) is 0 Å². The minimum absolute atomic E-state index is 0.0461. The molecule has 0 atom stereocenters. The fourth-order valence-electron chi connectivity index (χ4n) is 1.97. The van der Waals surface area contributed by atoms with Gasteiger partial charge in [-0.15, -0.1) is 0 Å². The van der Waals surface area contributed by atoms with Gasteiger partial charge in [0.15, 0.2) is 0 Å². The summed E-state index contributed by atoms with van der Waals surface area (Å²) in [5.74, 6) is 0.721. The number of nitrogens with one attached hydrogen (secondary N) is 1. The zero-order valence-electron chi connectivity index (χ0n) is 11.7. The highest BCUT2D eigenvalue weighted by Crippen LogP contribution is 2.25. The molecule has 0 spiro atoms. The van der Waals surface area contributed by atoms with Gasteiger partial charge >= 0.3 is 0 Å². The van der Waals surface area contributed by atoms with Crippen LogP contribution >= 0.6 is 27.5 Å². The normalized spacial score (nSPS) is 10.5. The van der Waals surface area contributed by atoms with Crippen molar-refractivity contribution >= 4 is 33.2 Å². The van der Waals surface area contributed by atoms with Gasteiger partial charge in [0.05, 0.1) is 13.2 Å². The first-order valence-electron chi connectivity index (χ1n) is 6.68. The second kappa shape index (κ2) is 7.69. The van der Waals surface area contributed by atoms with Gasteiger partial charge in [-0.3, -0.25) is 0 Å². The lowest BCUT2D eigenvalue weighted by Crippen LogP contribution is -2.02. The highest BCUT2D eigenvalue weighted by molar-refractivity contribution is 9.10. The molecule has 2 aromatic rings. The van der Waals surface area contributed by atoms with Crippen molar-refractivity contribution < 1.29 is 9.84 Å². The number of benzene rings is 2. The Labute approximate surface area is 138 Å². The summed E-state index contributed by atoms with van der Waals surface area (Å²) >= 11 is 9.43. The fourth-order valence-corrected chi connectivity index (χ4v) is 2.79. The molecule has 3 nitrogen and oxygen atoms in total. The summed E-state index contributed by atoms with van der Waals surface area (Å²) in [5, 5.41) is 13.4. The van der Waals surface area contributed by atoms with Crippen LogP contribution in [0.15, 0.2) is 40.9 Å². The number of halogens is 2. The molecular formula is C16H17BrClNO2. The van der Waals surface area contributed by atoms with Crippen LogP contribution in [0.5, 0.6) is 5.75 Å². The molecule has 0 heterocycles. The number of rotatable bonds is 6. The summed E-state index contributed by atoms with van der Waals surface area (Å²) in [6, 6.07) is 11.4. The molecule has 0 saturated heterocycles. The number of hydrogen-bond donors (Lipinski definition) is 2. The van der Waals surface area contributed by atoms with E-state index in [9.17, 15) is 5.11 Å². The summed E-state index contributed by atoms with van der Waals surface area (Å²) in [4.78, 5) is 0. The quantitative estimate of drug-likeness (QED) is 0.780. The first-order valence-corrected chi connectivity index (χ1v) is 7.85. The Hall–Kier alpha value is -1.23. The average molecular weight is 371 g/mol. The highest BCUT2D eigenvalue weighted by atomic mass is 79.9. The van der Waals surface area contributed by atoms with Crippen molar-refractivity contribution in [2.45, 2.75) is 20.1 Å². The maximum atomic E-state index is 9.40. The van der Waals surface area contributed by atoms with Crippen molar-refractivity contribution in [2.75, 3.05) is 11.9 Å². The van der Waals surface area contributed by atoms with Crippen molar-refractivity contribution in [1.29, 1.82) is 0 Å². The number of ether oxygens (including phenoxy) is 1. The topological polar surface area (TPSA) is 41.5 Å². The minimum Gasteiger partial charge on any atom is -0.494 e. The van der Waals surface area contributed by atoms with E-state index in [2.05, 4.69) is 21.2 Å². The monoisotopic (exact) mass is 369 g/mol.